The van der Waals surface area contributed by atoms with Gasteiger partial charge in [-0.25, -0.2) is 0 Å². The number of rotatable bonds is 8. The molecule has 0 saturated heterocycles. The second-order valence-electron chi connectivity index (χ2n) is 4.27. The zero-order valence-corrected chi connectivity index (χ0v) is 12.5. The highest BCUT2D eigenvalue weighted by molar-refractivity contribution is 8.00. The summed E-state index contributed by atoms with van der Waals surface area (Å²) in [6.45, 7) is 10.9. The van der Waals surface area contributed by atoms with Gasteiger partial charge in [0.2, 0.25) is 5.91 Å². The summed E-state index contributed by atoms with van der Waals surface area (Å²) in [5, 5.41) is 0.0879. The Bertz CT molecular complexity index is 305. The first kappa shape index (κ1) is 17.0. The third-order valence-corrected chi connectivity index (χ3v) is 3.52. The fraction of sp³-hybridized carbons (Fsp3) is 0.692. The second-order valence-corrected chi connectivity index (χ2v) is 5.69. The molecule has 104 valence electrons. The standard InChI is InChI=1S/C13H23NO3S/c1-6-14(8-10(2)3)12(15)9-18-11(4)7-13(16)17-5/h11H,2,6-9H2,1,3-5H3. The molecule has 1 amide bonds. The Labute approximate surface area is 114 Å². The monoisotopic (exact) mass is 273 g/mol. The van der Waals surface area contributed by atoms with Crippen molar-refractivity contribution < 1.29 is 14.3 Å². The zero-order valence-electron chi connectivity index (χ0n) is 11.7. The number of amides is 1. The first-order chi connectivity index (χ1) is 8.40. The lowest BCUT2D eigenvalue weighted by atomic mass is 10.3. The van der Waals surface area contributed by atoms with Gasteiger partial charge in [0.05, 0.1) is 19.3 Å². The van der Waals surface area contributed by atoms with Crippen molar-refractivity contribution in [2.45, 2.75) is 32.4 Å². The highest BCUT2D eigenvalue weighted by atomic mass is 32.2. The van der Waals surface area contributed by atoms with E-state index < -0.39 is 0 Å². The van der Waals surface area contributed by atoms with E-state index in [0.29, 0.717) is 25.3 Å². The molecule has 0 radical (unpaired) electrons. The largest absolute Gasteiger partial charge is 0.469 e. The second kappa shape index (κ2) is 9.03. The van der Waals surface area contributed by atoms with Gasteiger partial charge < -0.3 is 9.64 Å². The fourth-order valence-corrected chi connectivity index (χ4v) is 2.25. The third kappa shape index (κ3) is 7.37. The predicted octanol–water partition coefficient (Wildman–Crippen LogP) is 2.10. The third-order valence-electron chi connectivity index (χ3n) is 2.37. The van der Waals surface area contributed by atoms with Gasteiger partial charge in [0.25, 0.3) is 0 Å². The van der Waals surface area contributed by atoms with Crippen molar-refractivity contribution >= 4 is 23.6 Å². The number of carbonyl (C=O) groups is 2. The molecule has 0 aromatic heterocycles. The van der Waals surface area contributed by atoms with Crippen molar-refractivity contribution in [1.29, 1.82) is 0 Å². The van der Waals surface area contributed by atoms with Crippen LogP contribution in [0.1, 0.15) is 27.2 Å². The van der Waals surface area contributed by atoms with Crippen LogP contribution in [0.5, 0.6) is 0 Å². The van der Waals surface area contributed by atoms with Crippen LogP contribution in [0.2, 0.25) is 0 Å². The minimum Gasteiger partial charge on any atom is -0.469 e. The van der Waals surface area contributed by atoms with Crippen LogP contribution in [0.25, 0.3) is 0 Å². The molecular weight excluding hydrogens is 250 g/mol. The molecule has 1 atom stereocenters. The smallest absolute Gasteiger partial charge is 0.306 e. The van der Waals surface area contributed by atoms with Gasteiger partial charge in [-0.05, 0) is 13.8 Å². The topological polar surface area (TPSA) is 46.6 Å². The van der Waals surface area contributed by atoms with Gasteiger partial charge in [0.1, 0.15) is 0 Å². The lowest BCUT2D eigenvalue weighted by Gasteiger charge is -2.21. The van der Waals surface area contributed by atoms with Crippen LogP contribution >= 0.6 is 11.8 Å². The summed E-state index contributed by atoms with van der Waals surface area (Å²) < 4.78 is 4.59. The average Bonchev–Trinajstić information content (AvgIpc) is 2.32. The van der Waals surface area contributed by atoms with E-state index >= 15 is 0 Å². The molecule has 1 unspecified atom stereocenters. The summed E-state index contributed by atoms with van der Waals surface area (Å²) in [4.78, 5) is 24.7. The van der Waals surface area contributed by atoms with E-state index in [2.05, 4.69) is 11.3 Å². The number of hydrogen-bond donors (Lipinski definition) is 0. The van der Waals surface area contributed by atoms with E-state index in [9.17, 15) is 9.59 Å². The molecule has 0 N–H and O–H groups in total. The lowest BCUT2D eigenvalue weighted by Crippen LogP contribution is -2.34. The quantitative estimate of drug-likeness (QED) is 0.502. The Hall–Kier alpha value is -0.970. The van der Waals surface area contributed by atoms with Crippen LogP contribution in [0, 0.1) is 0 Å². The molecule has 5 heteroatoms. The molecule has 0 heterocycles. The first-order valence-electron chi connectivity index (χ1n) is 6.01. The first-order valence-corrected chi connectivity index (χ1v) is 7.06. The van der Waals surface area contributed by atoms with E-state index in [4.69, 9.17) is 0 Å². The maximum Gasteiger partial charge on any atom is 0.306 e. The number of likely N-dealkylation sites (N-methyl/N-ethyl adjacent to an activating group) is 1. The highest BCUT2D eigenvalue weighted by Gasteiger charge is 2.15. The summed E-state index contributed by atoms with van der Waals surface area (Å²) in [6.07, 6.45) is 0.334. The van der Waals surface area contributed by atoms with Gasteiger partial charge in [0, 0.05) is 18.3 Å². The minimum atomic E-state index is -0.239. The molecule has 0 aliphatic rings. The van der Waals surface area contributed by atoms with Crippen molar-refractivity contribution in [2.24, 2.45) is 0 Å². The number of nitrogens with zero attached hydrogens (tertiary/aromatic N) is 1. The van der Waals surface area contributed by atoms with E-state index in [1.807, 2.05) is 20.8 Å². The molecule has 0 aliphatic carbocycles. The van der Waals surface area contributed by atoms with Crippen molar-refractivity contribution in [3.05, 3.63) is 12.2 Å². The van der Waals surface area contributed by atoms with Crippen molar-refractivity contribution in [1.82, 2.24) is 4.90 Å². The average molecular weight is 273 g/mol. The Morgan fingerprint density at radius 3 is 2.50 bits per heavy atom. The van der Waals surface area contributed by atoms with Gasteiger partial charge in [-0.15, -0.1) is 11.8 Å². The zero-order chi connectivity index (χ0) is 14.1. The van der Waals surface area contributed by atoms with Crippen LogP contribution in [0.4, 0.5) is 0 Å². The highest BCUT2D eigenvalue weighted by Crippen LogP contribution is 2.15. The van der Waals surface area contributed by atoms with Gasteiger partial charge in [-0.1, -0.05) is 19.1 Å². The van der Waals surface area contributed by atoms with Crippen molar-refractivity contribution in [2.75, 3.05) is 26.0 Å². The predicted molar refractivity (Wildman–Crippen MR) is 75.6 cm³/mol. The maximum atomic E-state index is 11.9. The maximum absolute atomic E-state index is 11.9. The van der Waals surface area contributed by atoms with Crippen LogP contribution in [-0.4, -0.2) is 48.0 Å². The number of carbonyl (C=O) groups excluding carboxylic acids is 2. The molecule has 0 bridgehead atoms. The van der Waals surface area contributed by atoms with Gasteiger partial charge in [0.15, 0.2) is 0 Å². The van der Waals surface area contributed by atoms with Gasteiger partial charge in [-0.3, -0.25) is 9.59 Å². The molecule has 0 saturated carbocycles. The molecule has 0 aromatic carbocycles. The number of methoxy groups -OCH3 is 1. The van der Waals surface area contributed by atoms with Crippen LogP contribution in [-0.2, 0) is 14.3 Å². The Kier molecular flexibility index (Phi) is 8.54. The number of esters is 1. The Balaban J connectivity index is 4.07. The molecule has 4 nitrogen and oxygen atoms in total. The van der Waals surface area contributed by atoms with E-state index in [1.165, 1.54) is 18.9 Å². The molecular formula is C13H23NO3S. The van der Waals surface area contributed by atoms with Crippen molar-refractivity contribution in [3.8, 4) is 0 Å². The number of hydrogen-bond acceptors (Lipinski definition) is 4. The minimum absolute atomic E-state index is 0.0854. The Morgan fingerprint density at radius 2 is 2.06 bits per heavy atom. The SMILES string of the molecule is C=C(C)CN(CC)C(=O)CSC(C)CC(=O)OC. The molecule has 0 aromatic rings. The number of ether oxygens (including phenoxy) is 1. The summed E-state index contributed by atoms with van der Waals surface area (Å²) >= 11 is 1.48. The van der Waals surface area contributed by atoms with Crippen molar-refractivity contribution in [3.63, 3.8) is 0 Å². The molecule has 0 fully saturated rings. The van der Waals surface area contributed by atoms with E-state index in [-0.39, 0.29) is 17.1 Å². The normalized spacial score (nSPS) is 11.8. The van der Waals surface area contributed by atoms with Crippen LogP contribution < -0.4 is 0 Å². The van der Waals surface area contributed by atoms with Gasteiger partial charge >= 0.3 is 5.97 Å². The van der Waals surface area contributed by atoms with Crippen LogP contribution in [0.15, 0.2) is 12.2 Å². The molecule has 0 spiro atoms. The number of thioether (sulfide) groups is 1. The molecule has 18 heavy (non-hydrogen) atoms. The molecule has 0 aliphatic heterocycles. The van der Waals surface area contributed by atoms with Crippen LogP contribution in [0.3, 0.4) is 0 Å². The Morgan fingerprint density at radius 1 is 1.44 bits per heavy atom. The summed E-state index contributed by atoms with van der Waals surface area (Å²) in [5.74, 6) is 0.234. The summed E-state index contributed by atoms with van der Waals surface area (Å²) in [6, 6.07) is 0. The fourth-order valence-electron chi connectivity index (χ4n) is 1.38. The lowest BCUT2D eigenvalue weighted by molar-refractivity contribution is -0.140. The summed E-state index contributed by atoms with van der Waals surface area (Å²) in [5.41, 5.74) is 0.970. The van der Waals surface area contributed by atoms with Gasteiger partial charge in [-0.2, -0.15) is 0 Å². The van der Waals surface area contributed by atoms with E-state index in [1.54, 1.807) is 4.90 Å². The van der Waals surface area contributed by atoms with E-state index in [0.717, 1.165) is 5.57 Å². The summed E-state index contributed by atoms with van der Waals surface area (Å²) in [7, 11) is 1.37. The molecule has 0 rings (SSSR count).